The molecular weight excluding hydrogens is 542 g/mol. The molecule has 0 atom stereocenters. The van der Waals surface area contributed by atoms with Gasteiger partial charge in [-0.05, 0) is 12.1 Å². The summed E-state index contributed by atoms with van der Waals surface area (Å²) in [6, 6.07) is 3.64. The number of halogens is 2. The van der Waals surface area contributed by atoms with Gasteiger partial charge in [0.25, 0.3) is 0 Å². The van der Waals surface area contributed by atoms with E-state index in [-0.39, 0.29) is 34.5 Å². The van der Waals surface area contributed by atoms with Crippen molar-refractivity contribution >= 4 is 36.8 Å². The number of ether oxygens (including phenoxy) is 4. The predicted octanol–water partition coefficient (Wildman–Crippen LogP) is 5.36. The van der Waals surface area contributed by atoms with E-state index < -0.39 is 37.5 Å². The molecule has 1 aliphatic rings. The molecule has 3 aromatic rings. The van der Waals surface area contributed by atoms with E-state index in [1.807, 2.05) is 6.92 Å². The molecule has 0 saturated carbocycles. The predicted molar refractivity (Wildman–Crippen MR) is 148 cm³/mol. The summed E-state index contributed by atoms with van der Waals surface area (Å²) in [7, 11) is -0.0709. The second-order valence-electron chi connectivity index (χ2n) is 11.3. The number of esters is 1. The first-order valence-electron chi connectivity index (χ1n) is 12.8. The van der Waals surface area contributed by atoms with E-state index in [9.17, 15) is 9.59 Å². The number of hydrogen-bond acceptors (Lipinski definition) is 7. The summed E-state index contributed by atoms with van der Waals surface area (Å²) in [4.78, 5) is 29.1. The molecule has 10 nitrogen and oxygen atoms in total. The van der Waals surface area contributed by atoms with Crippen molar-refractivity contribution in [3.8, 4) is 11.5 Å². The average molecular weight is 577 g/mol. The number of anilines is 1. The Bertz CT molecular complexity index is 1380. The van der Waals surface area contributed by atoms with Crippen LogP contribution in [0.5, 0.6) is 11.5 Å². The summed E-state index contributed by atoms with van der Waals surface area (Å²) in [6.07, 6.45) is 2.92. The van der Waals surface area contributed by atoms with Crippen LogP contribution in [0.2, 0.25) is 25.7 Å². The van der Waals surface area contributed by atoms with Gasteiger partial charge in [0.05, 0.1) is 31.3 Å². The van der Waals surface area contributed by atoms with Crippen molar-refractivity contribution < 1.29 is 37.3 Å². The number of pyridine rings is 1. The van der Waals surface area contributed by atoms with Crippen molar-refractivity contribution in [1.29, 1.82) is 0 Å². The highest BCUT2D eigenvalue weighted by Gasteiger charge is 2.33. The normalized spacial score (nSPS) is 14.5. The van der Waals surface area contributed by atoms with Crippen LogP contribution in [0.1, 0.15) is 17.3 Å². The largest absolute Gasteiger partial charge is 0.465 e. The first-order valence-corrected chi connectivity index (χ1v) is 16.5. The quantitative estimate of drug-likeness (QED) is 0.179. The van der Waals surface area contributed by atoms with Gasteiger partial charge in [-0.2, -0.15) is 0 Å². The van der Waals surface area contributed by atoms with Crippen molar-refractivity contribution in [3.63, 3.8) is 0 Å². The Hall–Kier alpha value is -3.55. The molecule has 0 radical (unpaired) electrons. The fraction of sp³-hybridized carbons (Fsp3) is 0.444. The monoisotopic (exact) mass is 576 g/mol. The molecule has 40 heavy (non-hydrogen) atoms. The molecule has 2 amide bonds. The Morgan fingerprint density at radius 1 is 1.20 bits per heavy atom. The molecular formula is C27H34F2N4O6Si. The van der Waals surface area contributed by atoms with Gasteiger partial charge in [0.2, 0.25) is 0 Å². The molecule has 13 heteroatoms. The van der Waals surface area contributed by atoms with Crippen LogP contribution in [0, 0.1) is 17.0 Å². The lowest BCUT2D eigenvalue weighted by Crippen LogP contribution is -2.49. The van der Waals surface area contributed by atoms with Crippen LogP contribution in [-0.2, 0) is 20.9 Å². The van der Waals surface area contributed by atoms with Crippen LogP contribution in [-0.4, -0.2) is 63.1 Å². The minimum absolute atomic E-state index is 0.00142. The highest BCUT2D eigenvalue weighted by molar-refractivity contribution is 6.76. The Labute approximate surface area is 232 Å². The zero-order valence-corrected chi connectivity index (χ0v) is 24.2. The molecule has 1 aliphatic heterocycles. The van der Waals surface area contributed by atoms with Crippen molar-refractivity contribution in [1.82, 2.24) is 14.9 Å². The number of fused-ring (bicyclic) bond motifs is 1. The van der Waals surface area contributed by atoms with Gasteiger partial charge in [-0.1, -0.05) is 26.6 Å². The van der Waals surface area contributed by atoms with E-state index in [4.69, 9.17) is 18.9 Å². The number of nitrogens with one attached hydrogen (secondary N) is 2. The zero-order valence-electron chi connectivity index (χ0n) is 23.2. The van der Waals surface area contributed by atoms with Gasteiger partial charge in [-0.3, -0.25) is 0 Å². The molecule has 1 saturated heterocycles. The topological polar surface area (TPSA) is 113 Å². The summed E-state index contributed by atoms with van der Waals surface area (Å²) in [5.74, 6) is -3.47. The average Bonchev–Trinajstić information content (AvgIpc) is 3.25. The Balaban J connectivity index is 1.55. The van der Waals surface area contributed by atoms with Gasteiger partial charge >= 0.3 is 12.0 Å². The molecule has 0 spiro atoms. The van der Waals surface area contributed by atoms with Crippen molar-refractivity contribution in [2.75, 3.05) is 38.8 Å². The number of carbonyl (C=O) groups excluding carboxylic acids is 2. The van der Waals surface area contributed by atoms with Crippen LogP contribution in [0.15, 0.2) is 30.6 Å². The number of carbonyl (C=O) groups is 2. The molecule has 1 aromatic carbocycles. The van der Waals surface area contributed by atoms with E-state index in [0.29, 0.717) is 32.0 Å². The maximum atomic E-state index is 15.0. The maximum Gasteiger partial charge on any atom is 0.340 e. The number of hydrogen-bond donors (Lipinski definition) is 2. The summed E-state index contributed by atoms with van der Waals surface area (Å²) in [5, 5.41) is 5.31. The number of aromatic nitrogens is 2. The summed E-state index contributed by atoms with van der Waals surface area (Å²) in [6.45, 7) is 10.7. The van der Waals surface area contributed by atoms with Gasteiger partial charge in [-0.25, -0.2) is 23.4 Å². The lowest BCUT2D eigenvalue weighted by atomic mass is 9.89. The molecule has 2 N–H and O–H groups in total. The molecule has 1 fully saturated rings. The number of amides is 2. The fourth-order valence-electron chi connectivity index (χ4n) is 4.04. The minimum Gasteiger partial charge on any atom is -0.465 e. The summed E-state index contributed by atoms with van der Waals surface area (Å²) in [5.41, 5.74) is 0.179. The molecule has 4 rings (SSSR count). The van der Waals surface area contributed by atoms with Crippen LogP contribution >= 0.6 is 0 Å². The maximum absolute atomic E-state index is 15.0. The number of benzene rings is 1. The minimum atomic E-state index is -1.30. The van der Waals surface area contributed by atoms with Crippen LogP contribution in [0.4, 0.5) is 19.3 Å². The first kappa shape index (κ1) is 29.4. The molecule has 2 aromatic heterocycles. The third-order valence-electron chi connectivity index (χ3n) is 6.40. The lowest BCUT2D eigenvalue weighted by molar-refractivity contribution is -0.0974. The Morgan fingerprint density at radius 2 is 1.90 bits per heavy atom. The Morgan fingerprint density at radius 3 is 2.50 bits per heavy atom. The van der Waals surface area contributed by atoms with Crippen LogP contribution < -0.4 is 15.4 Å². The third-order valence-corrected chi connectivity index (χ3v) is 8.10. The van der Waals surface area contributed by atoms with Gasteiger partial charge in [0.15, 0.2) is 17.4 Å². The van der Waals surface area contributed by atoms with E-state index >= 15 is 8.78 Å². The standard InChI is InChI=1S/C27H34F2N4O6Si/c1-27(14-38-15-27)13-31-26(35)32-17-10-19(28)23(20(29)11-17)39-21-6-7-30-24-22(21)18(25(34)36-2)12-33(24)16-37-8-9-40(3,4)5/h6-7,10-12H,8-9,13-16H2,1-5H3,(H2,31,32,35). The van der Waals surface area contributed by atoms with Crippen LogP contribution in [0.3, 0.4) is 0 Å². The molecule has 0 unspecified atom stereocenters. The first-order chi connectivity index (χ1) is 18.9. The molecule has 216 valence electrons. The van der Waals surface area contributed by atoms with Gasteiger partial charge < -0.3 is 34.1 Å². The van der Waals surface area contributed by atoms with E-state index in [0.717, 1.165) is 18.2 Å². The number of urea groups is 1. The SMILES string of the molecule is COC(=O)c1cn(COCC[Si](C)(C)C)c2nccc(Oc3c(F)cc(NC(=O)NCC4(C)COC4)cc3F)c12. The highest BCUT2D eigenvalue weighted by Crippen LogP contribution is 2.36. The van der Waals surface area contributed by atoms with Gasteiger partial charge in [0.1, 0.15) is 18.1 Å². The summed E-state index contributed by atoms with van der Waals surface area (Å²) < 4.78 is 53.2. The van der Waals surface area contributed by atoms with E-state index in [1.165, 1.54) is 25.6 Å². The zero-order chi connectivity index (χ0) is 29.1. The summed E-state index contributed by atoms with van der Waals surface area (Å²) >= 11 is 0. The fourth-order valence-corrected chi connectivity index (χ4v) is 4.79. The smallest absolute Gasteiger partial charge is 0.340 e. The van der Waals surface area contributed by atoms with Crippen molar-refractivity contribution in [3.05, 3.63) is 47.8 Å². The van der Waals surface area contributed by atoms with Gasteiger partial charge in [-0.15, -0.1) is 0 Å². The number of methoxy groups -OCH3 is 1. The molecule has 0 bridgehead atoms. The van der Waals surface area contributed by atoms with Crippen molar-refractivity contribution in [2.45, 2.75) is 39.3 Å². The Kier molecular flexibility index (Phi) is 8.76. The number of nitrogens with zero attached hydrogens (tertiary/aromatic N) is 2. The van der Waals surface area contributed by atoms with Crippen molar-refractivity contribution in [2.24, 2.45) is 5.41 Å². The second-order valence-corrected chi connectivity index (χ2v) is 17.0. The van der Waals surface area contributed by atoms with E-state index in [1.54, 1.807) is 4.57 Å². The van der Waals surface area contributed by atoms with Crippen LogP contribution in [0.25, 0.3) is 11.0 Å². The molecule has 0 aliphatic carbocycles. The lowest BCUT2D eigenvalue weighted by Gasteiger charge is -2.37. The molecule has 3 heterocycles. The van der Waals surface area contributed by atoms with Gasteiger partial charge in [0, 0.05) is 56.9 Å². The number of rotatable bonds is 11. The second kappa shape index (κ2) is 11.9. The highest BCUT2D eigenvalue weighted by atomic mass is 28.3. The third kappa shape index (κ3) is 6.95. The van der Waals surface area contributed by atoms with E-state index in [2.05, 4.69) is 35.3 Å².